The second kappa shape index (κ2) is 12.6. The summed E-state index contributed by atoms with van der Waals surface area (Å²) in [5.74, 6) is -0.187. The first-order valence-corrected chi connectivity index (χ1v) is 12.2. The SMILES string of the molecule is Cc1c(CC(=O)O)cccc1OCCONC(=CN1CC=CCC1)c1ccc(-c2ccccc2)cc1. The van der Waals surface area contributed by atoms with Crippen LogP contribution in [-0.2, 0) is 16.1 Å². The van der Waals surface area contributed by atoms with Crippen molar-refractivity contribution in [1.29, 1.82) is 0 Å². The number of hydroxylamine groups is 1. The first kappa shape index (κ1) is 25.1. The fourth-order valence-corrected chi connectivity index (χ4v) is 4.08. The van der Waals surface area contributed by atoms with Crippen LogP contribution in [-0.4, -0.2) is 42.3 Å². The lowest BCUT2D eigenvalue weighted by Gasteiger charge is -2.23. The predicted molar refractivity (Wildman–Crippen MR) is 142 cm³/mol. The van der Waals surface area contributed by atoms with Crippen molar-refractivity contribution in [2.45, 2.75) is 19.8 Å². The van der Waals surface area contributed by atoms with E-state index in [1.165, 1.54) is 5.56 Å². The standard InChI is InChI=1S/C30H32N2O4/c1-23-27(21-30(33)34)11-8-12-29(23)35-19-20-36-31-28(22-32-17-6-3-7-18-32)26-15-13-25(14-16-26)24-9-4-2-5-10-24/h2-6,8-16,22,31H,7,17-21H2,1H3,(H,33,34). The van der Waals surface area contributed by atoms with Crippen molar-refractivity contribution >= 4 is 11.7 Å². The molecular formula is C30H32N2O4. The number of hydrogen-bond acceptors (Lipinski definition) is 5. The Labute approximate surface area is 212 Å². The van der Waals surface area contributed by atoms with Crippen molar-refractivity contribution in [2.24, 2.45) is 0 Å². The fraction of sp³-hybridized carbons (Fsp3) is 0.233. The molecule has 0 spiro atoms. The normalized spacial score (nSPS) is 13.5. The maximum Gasteiger partial charge on any atom is 0.307 e. The van der Waals surface area contributed by atoms with Crippen LogP contribution in [0.3, 0.4) is 0 Å². The molecule has 186 valence electrons. The Bertz CT molecular complexity index is 1200. The van der Waals surface area contributed by atoms with E-state index in [0.29, 0.717) is 19.0 Å². The Hall–Kier alpha value is -4.03. The van der Waals surface area contributed by atoms with Gasteiger partial charge in [0.2, 0.25) is 0 Å². The lowest BCUT2D eigenvalue weighted by Crippen LogP contribution is -2.25. The van der Waals surface area contributed by atoms with E-state index in [0.717, 1.165) is 47.5 Å². The summed E-state index contributed by atoms with van der Waals surface area (Å²) in [7, 11) is 0. The van der Waals surface area contributed by atoms with Crippen LogP contribution in [0, 0.1) is 6.92 Å². The molecule has 6 nitrogen and oxygen atoms in total. The largest absolute Gasteiger partial charge is 0.491 e. The van der Waals surface area contributed by atoms with E-state index in [1.807, 2.05) is 43.3 Å². The summed E-state index contributed by atoms with van der Waals surface area (Å²) in [6.45, 7) is 4.35. The molecule has 0 amide bonds. The molecule has 0 aliphatic carbocycles. The average Bonchev–Trinajstić information content (AvgIpc) is 2.91. The summed E-state index contributed by atoms with van der Waals surface area (Å²) in [5.41, 5.74) is 8.96. The number of nitrogens with zero attached hydrogens (tertiary/aromatic N) is 1. The molecule has 36 heavy (non-hydrogen) atoms. The molecule has 0 bridgehead atoms. The minimum absolute atomic E-state index is 0.0238. The van der Waals surface area contributed by atoms with Gasteiger partial charge >= 0.3 is 5.97 Å². The van der Waals surface area contributed by atoms with Gasteiger partial charge in [-0.05, 0) is 41.7 Å². The van der Waals surface area contributed by atoms with E-state index in [1.54, 1.807) is 0 Å². The number of carbonyl (C=O) groups is 1. The van der Waals surface area contributed by atoms with Gasteiger partial charge < -0.3 is 14.7 Å². The molecule has 6 heteroatoms. The van der Waals surface area contributed by atoms with E-state index < -0.39 is 5.97 Å². The van der Waals surface area contributed by atoms with Crippen LogP contribution in [0.1, 0.15) is 23.1 Å². The molecule has 1 heterocycles. The van der Waals surface area contributed by atoms with Crippen LogP contribution in [0.2, 0.25) is 0 Å². The third-order valence-electron chi connectivity index (χ3n) is 6.07. The van der Waals surface area contributed by atoms with Crippen molar-refractivity contribution in [3.8, 4) is 16.9 Å². The van der Waals surface area contributed by atoms with E-state index in [4.69, 9.17) is 14.7 Å². The van der Waals surface area contributed by atoms with Gasteiger partial charge in [0.05, 0.1) is 12.1 Å². The van der Waals surface area contributed by atoms with Crippen molar-refractivity contribution in [3.05, 3.63) is 108 Å². The van der Waals surface area contributed by atoms with Gasteiger partial charge in [0.15, 0.2) is 0 Å². The molecule has 0 atom stereocenters. The van der Waals surface area contributed by atoms with Gasteiger partial charge in [0.1, 0.15) is 19.0 Å². The molecule has 3 aromatic rings. The lowest BCUT2D eigenvalue weighted by atomic mass is 10.0. The highest BCUT2D eigenvalue weighted by Gasteiger charge is 2.10. The van der Waals surface area contributed by atoms with Crippen LogP contribution in [0.4, 0.5) is 0 Å². The monoisotopic (exact) mass is 484 g/mol. The van der Waals surface area contributed by atoms with Gasteiger partial charge in [-0.15, -0.1) is 0 Å². The summed E-state index contributed by atoms with van der Waals surface area (Å²) in [6.07, 6.45) is 7.47. The second-order valence-electron chi connectivity index (χ2n) is 8.65. The minimum atomic E-state index is -0.858. The number of carboxylic acid groups (broad SMARTS) is 1. The van der Waals surface area contributed by atoms with Gasteiger partial charge in [-0.25, -0.2) is 0 Å². The molecule has 2 N–H and O–H groups in total. The predicted octanol–water partition coefficient (Wildman–Crippen LogP) is 5.45. The molecule has 4 rings (SSSR count). The summed E-state index contributed by atoms with van der Waals surface area (Å²) < 4.78 is 5.86. The Balaban J connectivity index is 1.38. The Morgan fingerprint density at radius 3 is 2.47 bits per heavy atom. The zero-order valence-electron chi connectivity index (χ0n) is 20.5. The fourth-order valence-electron chi connectivity index (χ4n) is 4.08. The van der Waals surface area contributed by atoms with Gasteiger partial charge in [0, 0.05) is 24.9 Å². The van der Waals surface area contributed by atoms with Crippen molar-refractivity contribution in [1.82, 2.24) is 10.4 Å². The van der Waals surface area contributed by atoms with Gasteiger partial charge in [-0.1, -0.05) is 78.9 Å². The first-order valence-electron chi connectivity index (χ1n) is 12.2. The molecule has 1 aliphatic heterocycles. The number of benzene rings is 3. The smallest absolute Gasteiger partial charge is 0.307 e. The van der Waals surface area contributed by atoms with Crippen LogP contribution in [0.15, 0.2) is 91.1 Å². The Morgan fingerprint density at radius 1 is 0.972 bits per heavy atom. The average molecular weight is 485 g/mol. The molecule has 0 aromatic heterocycles. The molecule has 3 aromatic carbocycles. The Kier molecular flexibility index (Phi) is 8.78. The summed E-state index contributed by atoms with van der Waals surface area (Å²) in [4.78, 5) is 19.1. The van der Waals surface area contributed by atoms with Crippen LogP contribution in [0.25, 0.3) is 16.8 Å². The van der Waals surface area contributed by atoms with E-state index in [-0.39, 0.29) is 6.42 Å². The number of hydrogen-bond donors (Lipinski definition) is 2. The second-order valence-corrected chi connectivity index (χ2v) is 8.65. The van der Waals surface area contributed by atoms with Crippen LogP contribution >= 0.6 is 0 Å². The summed E-state index contributed by atoms with van der Waals surface area (Å²) in [6, 6.07) is 24.2. The van der Waals surface area contributed by atoms with E-state index in [2.05, 4.69) is 65.1 Å². The van der Waals surface area contributed by atoms with Crippen molar-refractivity contribution < 1.29 is 19.5 Å². The highest BCUT2D eigenvalue weighted by atomic mass is 16.7. The van der Waals surface area contributed by atoms with Gasteiger partial charge in [0.25, 0.3) is 0 Å². The molecule has 0 saturated carbocycles. The zero-order chi connectivity index (χ0) is 25.2. The molecule has 0 fully saturated rings. The molecule has 0 radical (unpaired) electrons. The first-order chi connectivity index (χ1) is 17.6. The Morgan fingerprint density at radius 2 is 1.75 bits per heavy atom. The van der Waals surface area contributed by atoms with Crippen LogP contribution in [0.5, 0.6) is 5.75 Å². The van der Waals surface area contributed by atoms with Crippen LogP contribution < -0.4 is 10.2 Å². The molecular weight excluding hydrogens is 452 g/mol. The topological polar surface area (TPSA) is 71.0 Å². The van der Waals surface area contributed by atoms with E-state index in [9.17, 15) is 4.79 Å². The minimum Gasteiger partial charge on any atom is -0.491 e. The number of rotatable bonds is 11. The third-order valence-corrected chi connectivity index (χ3v) is 6.07. The number of nitrogens with one attached hydrogen (secondary N) is 1. The molecule has 0 saturated heterocycles. The lowest BCUT2D eigenvalue weighted by molar-refractivity contribution is -0.136. The quantitative estimate of drug-likeness (QED) is 0.214. The van der Waals surface area contributed by atoms with Crippen molar-refractivity contribution in [2.75, 3.05) is 26.3 Å². The molecule has 0 unspecified atom stereocenters. The van der Waals surface area contributed by atoms with Crippen molar-refractivity contribution in [3.63, 3.8) is 0 Å². The maximum atomic E-state index is 11.1. The highest BCUT2D eigenvalue weighted by Crippen LogP contribution is 2.23. The third kappa shape index (κ3) is 6.99. The van der Waals surface area contributed by atoms with Gasteiger partial charge in [-0.2, -0.15) is 0 Å². The summed E-state index contributed by atoms with van der Waals surface area (Å²) >= 11 is 0. The van der Waals surface area contributed by atoms with Gasteiger partial charge in [-0.3, -0.25) is 15.1 Å². The maximum absolute atomic E-state index is 11.1. The zero-order valence-corrected chi connectivity index (χ0v) is 20.5. The van der Waals surface area contributed by atoms with E-state index >= 15 is 0 Å². The number of aliphatic carboxylic acids is 1. The number of carboxylic acids is 1. The number of ether oxygens (including phenoxy) is 1. The molecule has 1 aliphatic rings. The highest BCUT2D eigenvalue weighted by molar-refractivity contribution is 5.71. The summed E-state index contributed by atoms with van der Waals surface area (Å²) in [5, 5.41) is 9.08.